The van der Waals surface area contributed by atoms with Crippen LogP contribution >= 0.6 is 0 Å². The second-order valence-electron chi connectivity index (χ2n) is 7.02. The van der Waals surface area contributed by atoms with Crippen molar-refractivity contribution in [2.45, 2.75) is 19.9 Å². The van der Waals surface area contributed by atoms with E-state index in [0.717, 1.165) is 56.3 Å². The van der Waals surface area contributed by atoms with E-state index in [4.69, 9.17) is 4.74 Å². The van der Waals surface area contributed by atoms with Gasteiger partial charge in [0.05, 0.1) is 12.8 Å². The van der Waals surface area contributed by atoms with Crippen molar-refractivity contribution in [1.82, 2.24) is 9.80 Å². The van der Waals surface area contributed by atoms with Crippen molar-refractivity contribution in [3.8, 4) is 5.75 Å². The van der Waals surface area contributed by atoms with Gasteiger partial charge in [-0.15, -0.1) is 0 Å². The van der Waals surface area contributed by atoms with Crippen LogP contribution in [0.5, 0.6) is 5.75 Å². The monoisotopic (exact) mass is 381 g/mol. The maximum absolute atomic E-state index is 13.5. The van der Waals surface area contributed by atoms with Gasteiger partial charge in [-0.3, -0.25) is 9.69 Å². The van der Waals surface area contributed by atoms with E-state index in [2.05, 4.69) is 41.8 Å². The first-order valence-electron chi connectivity index (χ1n) is 10.1. The Labute approximate surface area is 168 Å². The average Bonchev–Trinajstić information content (AvgIpc) is 2.77. The summed E-state index contributed by atoms with van der Waals surface area (Å²) in [5.41, 5.74) is 2.17. The van der Waals surface area contributed by atoms with Crippen LogP contribution in [0.3, 0.4) is 0 Å². The van der Waals surface area contributed by atoms with Gasteiger partial charge in [0.2, 0.25) is 5.91 Å². The lowest BCUT2D eigenvalue weighted by atomic mass is 10.0. The fraction of sp³-hybridized carbons (Fsp3) is 0.435. The highest BCUT2D eigenvalue weighted by molar-refractivity contribution is 5.83. The van der Waals surface area contributed by atoms with E-state index < -0.39 is 0 Å². The van der Waals surface area contributed by atoms with Crippen LogP contribution in [-0.4, -0.2) is 62.1 Å². The highest BCUT2D eigenvalue weighted by atomic mass is 16.5. The molecule has 5 nitrogen and oxygen atoms in total. The normalized spacial score (nSPS) is 15.6. The Kier molecular flexibility index (Phi) is 6.93. The highest BCUT2D eigenvalue weighted by Crippen LogP contribution is 2.29. The number of piperazine rings is 1. The van der Waals surface area contributed by atoms with Gasteiger partial charge in [-0.1, -0.05) is 56.3 Å². The molecule has 0 bridgehead atoms. The summed E-state index contributed by atoms with van der Waals surface area (Å²) in [7, 11) is 1.70. The van der Waals surface area contributed by atoms with Crippen LogP contribution in [0.1, 0.15) is 25.5 Å². The molecule has 1 aliphatic heterocycles. The zero-order chi connectivity index (χ0) is 19.9. The molecule has 2 aromatic carbocycles. The van der Waals surface area contributed by atoms with Gasteiger partial charge in [0, 0.05) is 26.2 Å². The molecule has 3 rings (SSSR count). The molecule has 1 unspecified atom stereocenters. The predicted molar refractivity (Wildman–Crippen MR) is 114 cm³/mol. The van der Waals surface area contributed by atoms with Crippen molar-refractivity contribution in [1.29, 1.82) is 0 Å². The molecule has 0 saturated carbocycles. The number of amides is 1. The van der Waals surface area contributed by atoms with Gasteiger partial charge in [-0.2, -0.15) is 0 Å². The Hall–Kier alpha value is -2.53. The molecule has 2 aromatic rings. The standard InChI is InChI=1S/C23H31N3O2/c1-4-24(5-2)22(19-11-7-6-8-12-19)23(27)26-17-15-25(16-18-26)20-13-9-10-14-21(20)28-3/h6-14,22H,4-5,15-18H2,1-3H3. The van der Waals surface area contributed by atoms with E-state index in [0.29, 0.717) is 0 Å². The quantitative estimate of drug-likeness (QED) is 0.736. The molecular formula is C23H31N3O2. The zero-order valence-electron chi connectivity index (χ0n) is 17.2. The lowest BCUT2D eigenvalue weighted by Gasteiger charge is -2.40. The summed E-state index contributed by atoms with van der Waals surface area (Å²) >= 11 is 0. The number of carbonyl (C=O) groups excluding carboxylic acids is 1. The fourth-order valence-corrected chi connectivity index (χ4v) is 3.97. The first kappa shape index (κ1) is 20.2. The molecule has 0 radical (unpaired) electrons. The maximum Gasteiger partial charge on any atom is 0.244 e. The number of para-hydroxylation sites is 2. The van der Waals surface area contributed by atoms with Gasteiger partial charge < -0.3 is 14.5 Å². The van der Waals surface area contributed by atoms with Gasteiger partial charge in [0.25, 0.3) is 0 Å². The third-order valence-electron chi connectivity index (χ3n) is 5.54. The van der Waals surface area contributed by atoms with Crippen LogP contribution in [0.25, 0.3) is 0 Å². The molecule has 5 heteroatoms. The van der Waals surface area contributed by atoms with Gasteiger partial charge in [0.1, 0.15) is 11.8 Å². The number of benzene rings is 2. The summed E-state index contributed by atoms with van der Waals surface area (Å²) in [5.74, 6) is 1.09. The summed E-state index contributed by atoms with van der Waals surface area (Å²) in [6.45, 7) is 9.01. The summed E-state index contributed by atoms with van der Waals surface area (Å²) in [4.78, 5) is 20.0. The first-order chi connectivity index (χ1) is 13.7. The Morgan fingerprint density at radius 2 is 1.57 bits per heavy atom. The minimum Gasteiger partial charge on any atom is -0.495 e. The number of methoxy groups -OCH3 is 1. The van der Waals surface area contributed by atoms with E-state index in [1.165, 1.54) is 0 Å². The molecule has 0 N–H and O–H groups in total. The second kappa shape index (κ2) is 9.60. The molecule has 1 amide bonds. The van der Waals surface area contributed by atoms with Crippen LogP contribution < -0.4 is 9.64 Å². The molecule has 1 fully saturated rings. The summed E-state index contributed by atoms with van der Waals surface area (Å²) in [6, 6.07) is 18.0. The van der Waals surface area contributed by atoms with Crippen LogP contribution in [0.4, 0.5) is 5.69 Å². The molecule has 0 spiro atoms. The summed E-state index contributed by atoms with van der Waals surface area (Å²) in [6.07, 6.45) is 0. The number of nitrogens with zero attached hydrogens (tertiary/aromatic N) is 3. The minimum absolute atomic E-state index is 0.203. The van der Waals surface area contributed by atoms with Crippen molar-refractivity contribution >= 4 is 11.6 Å². The van der Waals surface area contributed by atoms with Crippen molar-refractivity contribution in [2.75, 3.05) is 51.3 Å². The van der Waals surface area contributed by atoms with Crippen LogP contribution in [0.15, 0.2) is 54.6 Å². The smallest absolute Gasteiger partial charge is 0.244 e. The number of hydrogen-bond acceptors (Lipinski definition) is 4. The number of hydrogen-bond donors (Lipinski definition) is 0. The van der Waals surface area contributed by atoms with Gasteiger partial charge in [-0.05, 0) is 30.8 Å². The molecule has 1 aliphatic rings. The SMILES string of the molecule is CCN(CC)C(C(=O)N1CCN(c2ccccc2OC)CC1)c1ccccc1. The van der Waals surface area contributed by atoms with E-state index in [-0.39, 0.29) is 11.9 Å². The van der Waals surface area contributed by atoms with Crippen molar-refractivity contribution in [3.63, 3.8) is 0 Å². The maximum atomic E-state index is 13.5. The van der Waals surface area contributed by atoms with Gasteiger partial charge in [0.15, 0.2) is 0 Å². The number of likely N-dealkylation sites (N-methyl/N-ethyl adjacent to an activating group) is 1. The van der Waals surface area contributed by atoms with E-state index in [9.17, 15) is 4.79 Å². The third kappa shape index (κ3) is 4.30. The number of carbonyl (C=O) groups is 1. The lowest BCUT2D eigenvalue weighted by Crippen LogP contribution is -2.52. The molecule has 1 atom stereocenters. The topological polar surface area (TPSA) is 36.0 Å². The van der Waals surface area contributed by atoms with E-state index in [1.807, 2.05) is 41.3 Å². The Balaban J connectivity index is 1.73. The molecule has 1 saturated heterocycles. The van der Waals surface area contributed by atoms with E-state index in [1.54, 1.807) is 7.11 Å². The third-order valence-corrected chi connectivity index (χ3v) is 5.54. The molecule has 150 valence electrons. The van der Waals surface area contributed by atoms with E-state index >= 15 is 0 Å². The van der Waals surface area contributed by atoms with Crippen LogP contribution in [0.2, 0.25) is 0 Å². The Bertz CT molecular complexity index is 753. The van der Waals surface area contributed by atoms with Crippen LogP contribution in [-0.2, 0) is 4.79 Å². The number of anilines is 1. The molecule has 0 aromatic heterocycles. The summed E-state index contributed by atoms with van der Waals surface area (Å²) < 4.78 is 5.50. The number of ether oxygens (including phenoxy) is 1. The van der Waals surface area contributed by atoms with Gasteiger partial charge >= 0.3 is 0 Å². The largest absolute Gasteiger partial charge is 0.495 e. The fourth-order valence-electron chi connectivity index (χ4n) is 3.97. The first-order valence-corrected chi connectivity index (χ1v) is 10.1. The minimum atomic E-state index is -0.214. The van der Waals surface area contributed by atoms with Crippen LogP contribution in [0, 0.1) is 0 Å². The number of rotatable bonds is 7. The van der Waals surface area contributed by atoms with Crippen molar-refractivity contribution in [2.24, 2.45) is 0 Å². The predicted octanol–water partition coefficient (Wildman–Crippen LogP) is 3.43. The van der Waals surface area contributed by atoms with Gasteiger partial charge in [-0.25, -0.2) is 0 Å². The Morgan fingerprint density at radius 3 is 2.18 bits per heavy atom. The molecule has 28 heavy (non-hydrogen) atoms. The van der Waals surface area contributed by atoms with Crippen molar-refractivity contribution < 1.29 is 9.53 Å². The lowest BCUT2D eigenvalue weighted by molar-refractivity contribution is -0.137. The zero-order valence-corrected chi connectivity index (χ0v) is 17.2. The molecular weight excluding hydrogens is 350 g/mol. The highest BCUT2D eigenvalue weighted by Gasteiger charge is 2.32. The molecule has 0 aliphatic carbocycles. The Morgan fingerprint density at radius 1 is 0.964 bits per heavy atom. The average molecular weight is 382 g/mol. The summed E-state index contributed by atoms with van der Waals surface area (Å²) in [5, 5.41) is 0. The van der Waals surface area contributed by atoms with Crippen molar-refractivity contribution in [3.05, 3.63) is 60.2 Å². The second-order valence-corrected chi connectivity index (χ2v) is 7.02. The molecule has 1 heterocycles.